The number of aromatic hydroxyl groups is 1. The number of carbonyl (C=O) groups excluding carboxylic acids is 3. The third kappa shape index (κ3) is 4.84. The number of aryl methyl sites for hydroxylation is 1. The molecule has 0 aliphatic carbocycles. The molecule has 2 heterocycles. The Balaban J connectivity index is 2.00. The first-order chi connectivity index (χ1) is 16.1. The van der Waals surface area contributed by atoms with Crippen LogP contribution in [0.2, 0.25) is 0 Å². The number of hydrogen-bond acceptors (Lipinski definition) is 6. The summed E-state index contributed by atoms with van der Waals surface area (Å²) in [5.41, 5.74) is -1.89. The van der Waals surface area contributed by atoms with Crippen molar-refractivity contribution in [2.24, 2.45) is 5.92 Å². The fourth-order valence-electron chi connectivity index (χ4n) is 3.58. The molecule has 0 unspecified atom stereocenters. The lowest BCUT2D eigenvalue weighted by molar-refractivity contribution is -0.123. The Labute approximate surface area is 194 Å². The molecule has 34 heavy (non-hydrogen) atoms. The van der Waals surface area contributed by atoms with Crippen LogP contribution >= 0.6 is 0 Å². The molecule has 11 heteroatoms. The molecule has 0 spiro atoms. The molecule has 0 bridgehead atoms. The minimum absolute atomic E-state index is 0.0811. The maximum atomic E-state index is 13.9. The SMILES string of the molecule is COCCN1CN(C(=O)C(C)C)n2cc(C(=O)CCc3ccc(F)cc3F)c(=O)c(O)c2C1=O. The molecule has 0 saturated carbocycles. The molecule has 1 aromatic carbocycles. The number of ketones is 1. The predicted octanol–water partition coefficient (Wildman–Crippen LogP) is 1.83. The Morgan fingerprint density at radius 1 is 1.21 bits per heavy atom. The van der Waals surface area contributed by atoms with Gasteiger partial charge in [0.25, 0.3) is 5.91 Å². The van der Waals surface area contributed by atoms with Crippen molar-refractivity contribution in [2.45, 2.75) is 26.7 Å². The Kier molecular flexibility index (Phi) is 7.45. The predicted molar refractivity (Wildman–Crippen MR) is 117 cm³/mol. The van der Waals surface area contributed by atoms with Gasteiger partial charge >= 0.3 is 0 Å². The second kappa shape index (κ2) is 10.1. The van der Waals surface area contributed by atoms with Gasteiger partial charge < -0.3 is 14.7 Å². The highest BCUT2D eigenvalue weighted by Gasteiger charge is 2.37. The molecule has 1 N–H and O–H groups in total. The zero-order chi connectivity index (χ0) is 25.2. The van der Waals surface area contributed by atoms with Crippen LogP contribution in [0.3, 0.4) is 0 Å². The van der Waals surface area contributed by atoms with Crippen LogP contribution in [0.25, 0.3) is 0 Å². The topological polar surface area (TPSA) is 109 Å². The zero-order valence-corrected chi connectivity index (χ0v) is 19.0. The molecular weight excluding hydrogens is 452 g/mol. The van der Waals surface area contributed by atoms with E-state index in [4.69, 9.17) is 4.74 Å². The van der Waals surface area contributed by atoms with E-state index in [0.29, 0.717) is 6.07 Å². The molecule has 1 aliphatic heterocycles. The van der Waals surface area contributed by atoms with Crippen LogP contribution in [0.1, 0.15) is 46.7 Å². The van der Waals surface area contributed by atoms with E-state index in [9.17, 15) is 33.1 Å². The van der Waals surface area contributed by atoms with Crippen molar-refractivity contribution in [3.8, 4) is 5.75 Å². The molecule has 0 fully saturated rings. The normalized spacial score (nSPS) is 13.4. The van der Waals surface area contributed by atoms with Crippen molar-refractivity contribution >= 4 is 17.6 Å². The number of methoxy groups -OCH3 is 1. The molecule has 3 rings (SSSR count). The first kappa shape index (κ1) is 25.0. The maximum absolute atomic E-state index is 13.9. The monoisotopic (exact) mass is 477 g/mol. The van der Waals surface area contributed by atoms with Crippen molar-refractivity contribution in [3.05, 3.63) is 63.1 Å². The van der Waals surface area contributed by atoms with Crippen LogP contribution in [-0.4, -0.2) is 59.2 Å². The van der Waals surface area contributed by atoms with Crippen LogP contribution in [0.15, 0.2) is 29.2 Å². The van der Waals surface area contributed by atoms with Gasteiger partial charge in [0.05, 0.1) is 12.2 Å². The standard InChI is InChI=1S/C23H25F2N3O6/c1-13(2)22(32)28-12-26(8-9-34-3)23(33)19-21(31)20(30)16(11-27(19)28)18(29)7-5-14-4-6-15(24)10-17(14)25/h4,6,10-11,13,31H,5,7-9,12H2,1-3H3. The quantitative estimate of drug-likeness (QED) is 0.581. The average molecular weight is 477 g/mol. The van der Waals surface area contributed by atoms with Gasteiger partial charge in [-0.25, -0.2) is 18.5 Å². The van der Waals surface area contributed by atoms with Gasteiger partial charge in [0.15, 0.2) is 17.2 Å². The van der Waals surface area contributed by atoms with E-state index in [2.05, 4.69) is 0 Å². The van der Waals surface area contributed by atoms with Crippen LogP contribution in [0.4, 0.5) is 8.78 Å². The van der Waals surface area contributed by atoms with Gasteiger partial charge in [-0.15, -0.1) is 0 Å². The summed E-state index contributed by atoms with van der Waals surface area (Å²) in [5, 5.41) is 11.7. The summed E-state index contributed by atoms with van der Waals surface area (Å²) < 4.78 is 33.0. The Bertz CT molecular complexity index is 1190. The van der Waals surface area contributed by atoms with E-state index < -0.39 is 57.6 Å². The summed E-state index contributed by atoms with van der Waals surface area (Å²) in [4.78, 5) is 52.6. The largest absolute Gasteiger partial charge is 0.502 e. The molecule has 182 valence electrons. The van der Waals surface area contributed by atoms with Gasteiger partial charge in [0.1, 0.15) is 18.3 Å². The summed E-state index contributed by atoms with van der Waals surface area (Å²) in [6.07, 6.45) is 0.612. The van der Waals surface area contributed by atoms with Crippen molar-refractivity contribution in [3.63, 3.8) is 0 Å². The van der Waals surface area contributed by atoms with Gasteiger partial charge in [0, 0.05) is 38.3 Å². The molecule has 0 saturated heterocycles. The van der Waals surface area contributed by atoms with Gasteiger partial charge in [-0.05, 0) is 18.1 Å². The number of nitrogens with zero attached hydrogens (tertiary/aromatic N) is 3. The van der Waals surface area contributed by atoms with E-state index in [1.54, 1.807) is 13.8 Å². The number of hydrogen-bond donors (Lipinski definition) is 1. The van der Waals surface area contributed by atoms with Gasteiger partial charge in [-0.3, -0.25) is 19.2 Å². The van der Waals surface area contributed by atoms with Gasteiger partial charge in [-0.2, -0.15) is 0 Å². The lowest BCUT2D eigenvalue weighted by Crippen LogP contribution is -2.58. The van der Waals surface area contributed by atoms with E-state index in [1.165, 1.54) is 18.1 Å². The minimum atomic E-state index is -1.07. The van der Waals surface area contributed by atoms with Crippen molar-refractivity contribution < 1.29 is 33.0 Å². The zero-order valence-electron chi connectivity index (χ0n) is 19.0. The summed E-state index contributed by atoms with van der Waals surface area (Å²) in [7, 11) is 1.44. The number of aromatic nitrogens is 1. The Hall–Kier alpha value is -3.60. The van der Waals surface area contributed by atoms with Gasteiger partial charge in [0.2, 0.25) is 11.3 Å². The number of carbonyl (C=O) groups is 3. The number of benzene rings is 1. The maximum Gasteiger partial charge on any atom is 0.278 e. The Morgan fingerprint density at radius 2 is 1.91 bits per heavy atom. The molecule has 2 aromatic rings. The average Bonchev–Trinajstić information content (AvgIpc) is 2.79. The lowest BCUT2D eigenvalue weighted by Gasteiger charge is -2.39. The first-order valence-corrected chi connectivity index (χ1v) is 10.6. The third-order valence-electron chi connectivity index (χ3n) is 5.47. The summed E-state index contributed by atoms with van der Waals surface area (Å²) in [5.74, 6) is -4.89. The Morgan fingerprint density at radius 3 is 2.53 bits per heavy atom. The molecule has 0 atom stereocenters. The highest BCUT2D eigenvalue weighted by molar-refractivity contribution is 6.02. The molecule has 0 radical (unpaired) electrons. The summed E-state index contributed by atoms with van der Waals surface area (Å²) in [6.45, 7) is 3.38. The summed E-state index contributed by atoms with van der Waals surface area (Å²) >= 11 is 0. The van der Waals surface area contributed by atoms with E-state index >= 15 is 0 Å². The molecule has 9 nitrogen and oxygen atoms in total. The van der Waals surface area contributed by atoms with Crippen molar-refractivity contribution in [1.29, 1.82) is 0 Å². The van der Waals surface area contributed by atoms with Crippen molar-refractivity contribution in [2.75, 3.05) is 31.9 Å². The molecule has 2 amide bonds. The van der Waals surface area contributed by atoms with Crippen LogP contribution in [0.5, 0.6) is 5.75 Å². The molecule has 1 aromatic heterocycles. The summed E-state index contributed by atoms with van der Waals surface area (Å²) in [6, 6.07) is 2.94. The van der Waals surface area contributed by atoms with E-state index in [-0.39, 0.29) is 38.2 Å². The number of rotatable bonds is 8. The highest BCUT2D eigenvalue weighted by atomic mass is 19.1. The highest BCUT2D eigenvalue weighted by Crippen LogP contribution is 2.23. The van der Waals surface area contributed by atoms with Crippen molar-refractivity contribution in [1.82, 2.24) is 9.58 Å². The van der Waals surface area contributed by atoms with Gasteiger partial charge in [-0.1, -0.05) is 19.9 Å². The number of halogens is 2. The second-order valence-corrected chi connectivity index (χ2v) is 8.17. The number of ether oxygens (including phenoxy) is 1. The van der Waals surface area contributed by atoms with Crippen LogP contribution in [-0.2, 0) is 16.0 Å². The van der Waals surface area contributed by atoms with E-state index in [1.807, 2.05) is 0 Å². The smallest absolute Gasteiger partial charge is 0.278 e. The third-order valence-corrected chi connectivity index (χ3v) is 5.47. The van der Waals surface area contributed by atoms with Crippen LogP contribution < -0.4 is 10.4 Å². The fraction of sp³-hybridized carbons (Fsp3) is 0.391. The number of fused-ring (bicyclic) bond motifs is 1. The lowest BCUT2D eigenvalue weighted by atomic mass is 10.0. The first-order valence-electron chi connectivity index (χ1n) is 10.6. The number of amides is 2. The second-order valence-electron chi connectivity index (χ2n) is 8.17. The minimum Gasteiger partial charge on any atom is -0.502 e. The number of Topliss-reactive ketones (excluding diaryl/α,β-unsaturated/α-hetero) is 1. The number of pyridine rings is 1. The molecular formula is C23H25F2N3O6. The van der Waals surface area contributed by atoms with Crippen LogP contribution in [0, 0.1) is 17.6 Å². The fourth-order valence-corrected chi connectivity index (χ4v) is 3.58. The van der Waals surface area contributed by atoms with E-state index in [0.717, 1.165) is 21.9 Å². The molecule has 1 aliphatic rings.